The molecule has 2 nitrogen and oxygen atoms in total. The Bertz CT molecular complexity index is 3250. The quantitative estimate of drug-likeness (QED) is 0.139. The van der Waals surface area contributed by atoms with Crippen LogP contribution in [-0.2, 0) is 0 Å². The fraction of sp³-hybridized carbons (Fsp3) is 0. The zero-order valence-electron chi connectivity index (χ0n) is 27.4. The largest absolute Gasteiger partial charge is 0.456 e. The first kappa shape index (κ1) is 27.9. The predicted molar refractivity (Wildman–Crippen MR) is 214 cm³/mol. The van der Waals surface area contributed by atoms with Crippen molar-refractivity contribution in [1.82, 2.24) is 0 Å². The molecule has 0 aliphatic rings. The molecule has 234 valence electrons. The Morgan fingerprint density at radius 1 is 0.353 bits per heavy atom. The summed E-state index contributed by atoms with van der Waals surface area (Å²) in [6.45, 7) is 0. The van der Waals surface area contributed by atoms with E-state index >= 15 is 0 Å². The van der Waals surface area contributed by atoms with Crippen LogP contribution in [0.1, 0.15) is 5.56 Å². The molecule has 0 radical (unpaired) electrons. The van der Waals surface area contributed by atoms with Crippen molar-refractivity contribution in [2.75, 3.05) is 0 Å². The minimum Gasteiger partial charge on any atom is -0.456 e. The van der Waals surface area contributed by atoms with Gasteiger partial charge in [0, 0.05) is 10.8 Å². The third-order valence-electron chi connectivity index (χ3n) is 10.8. The Balaban J connectivity index is 1.22. The van der Waals surface area contributed by atoms with Crippen LogP contribution in [0, 0.1) is 11.3 Å². The fourth-order valence-electron chi connectivity index (χ4n) is 8.61. The average molecular weight is 646 g/mol. The van der Waals surface area contributed by atoms with E-state index in [1.54, 1.807) is 0 Å². The van der Waals surface area contributed by atoms with Crippen LogP contribution in [0.25, 0.3) is 109 Å². The van der Waals surface area contributed by atoms with Gasteiger partial charge in [-0.1, -0.05) is 127 Å². The Labute approximate surface area is 293 Å². The van der Waals surface area contributed by atoms with E-state index in [0.717, 1.165) is 22.1 Å². The fourth-order valence-corrected chi connectivity index (χ4v) is 8.61. The van der Waals surface area contributed by atoms with Crippen molar-refractivity contribution in [1.29, 1.82) is 5.26 Å². The maximum atomic E-state index is 9.46. The molecule has 1 aromatic heterocycles. The highest BCUT2D eigenvalue weighted by atomic mass is 16.3. The second kappa shape index (κ2) is 10.5. The van der Waals surface area contributed by atoms with Gasteiger partial charge in [0.05, 0.1) is 11.6 Å². The normalized spacial score (nSPS) is 11.9. The highest BCUT2D eigenvalue weighted by Gasteiger charge is 2.19. The van der Waals surface area contributed by atoms with Crippen molar-refractivity contribution in [3.63, 3.8) is 0 Å². The number of nitriles is 1. The van der Waals surface area contributed by atoms with Gasteiger partial charge in [-0.15, -0.1) is 0 Å². The first-order chi connectivity index (χ1) is 25.2. The van der Waals surface area contributed by atoms with Crippen molar-refractivity contribution in [2.45, 2.75) is 0 Å². The van der Waals surface area contributed by atoms with Gasteiger partial charge in [0.25, 0.3) is 0 Å². The van der Waals surface area contributed by atoms with Crippen molar-refractivity contribution in [3.8, 4) is 28.3 Å². The highest BCUT2D eigenvalue weighted by Crippen LogP contribution is 2.46. The molecule has 0 saturated heterocycles. The van der Waals surface area contributed by atoms with Crippen LogP contribution in [0.15, 0.2) is 168 Å². The van der Waals surface area contributed by atoms with Crippen molar-refractivity contribution >= 4 is 86.6 Å². The van der Waals surface area contributed by atoms with Gasteiger partial charge in [0.2, 0.25) is 0 Å². The van der Waals surface area contributed by atoms with Gasteiger partial charge >= 0.3 is 0 Å². The third kappa shape index (κ3) is 3.98. The summed E-state index contributed by atoms with van der Waals surface area (Å²) in [6, 6.07) is 60.9. The number of nitrogens with zero attached hydrogens (tertiary/aromatic N) is 1. The van der Waals surface area contributed by atoms with Gasteiger partial charge in [-0.25, -0.2) is 0 Å². The van der Waals surface area contributed by atoms with Crippen LogP contribution < -0.4 is 0 Å². The lowest BCUT2D eigenvalue weighted by Gasteiger charge is -2.18. The molecule has 1 heterocycles. The van der Waals surface area contributed by atoms with Crippen LogP contribution >= 0.6 is 0 Å². The topological polar surface area (TPSA) is 36.9 Å². The Morgan fingerprint density at radius 2 is 0.863 bits per heavy atom. The molecule has 0 N–H and O–H groups in total. The smallest absolute Gasteiger partial charge is 0.136 e. The summed E-state index contributed by atoms with van der Waals surface area (Å²) in [6.07, 6.45) is 0. The number of furan rings is 1. The minimum absolute atomic E-state index is 0.662. The SMILES string of the molecule is N#Cc1ccc(-c2c3ccccc3c(-c3ccc4c(c3)c3ccccc3c3cc5c(cc43)oc3ccc4ccccc4c35)c3ccccc23)cc1. The lowest BCUT2D eigenvalue weighted by Crippen LogP contribution is -1.91. The van der Waals surface area contributed by atoms with Crippen molar-refractivity contribution < 1.29 is 4.42 Å². The summed E-state index contributed by atoms with van der Waals surface area (Å²) in [5, 5.41) is 26.3. The first-order valence-electron chi connectivity index (χ1n) is 17.3. The van der Waals surface area contributed by atoms with E-state index in [1.807, 2.05) is 12.1 Å². The second-order valence-corrected chi connectivity index (χ2v) is 13.5. The molecular formula is C49H27NO. The molecule has 0 aliphatic heterocycles. The van der Waals surface area contributed by atoms with Gasteiger partial charge in [-0.05, 0) is 123 Å². The number of hydrogen-bond donors (Lipinski definition) is 0. The highest BCUT2D eigenvalue weighted by molar-refractivity contribution is 6.31. The molecule has 0 spiro atoms. The Morgan fingerprint density at radius 3 is 1.51 bits per heavy atom. The van der Waals surface area contributed by atoms with E-state index in [9.17, 15) is 5.26 Å². The molecule has 0 amide bonds. The predicted octanol–water partition coefficient (Wildman–Crippen LogP) is 13.7. The number of benzene rings is 10. The van der Waals surface area contributed by atoms with Crippen molar-refractivity contribution in [3.05, 3.63) is 169 Å². The van der Waals surface area contributed by atoms with E-state index < -0.39 is 0 Å². The van der Waals surface area contributed by atoms with Gasteiger partial charge in [0.15, 0.2) is 0 Å². The van der Waals surface area contributed by atoms with Crippen LogP contribution in [0.5, 0.6) is 0 Å². The molecule has 0 bridgehead atoms. The molecule has 0 unspecified atom stereocenters. The summed E-state index contributed by atoms with van der Waals surface area (Å²) >= 11 is 0. The van der Waals surface area contributed by atoms with E-state index in [4.69, 9.17) is 4.42 Å². The van der Waals surface area contributed by atoms with Gasteiger partial charge in [0.1, 0.15) is 11.2 Å². The average Bonchev–Trinajstić information content (AvgIpc) is 3.57. The standard InChI is InChI=1S/C49H27NO/c50-28-29-17-19-31(20-18-29)47-37-13-5-7-15-39(37)48(40-16-8-6-14-38(40)47)32-21-23-36-41(25-32)34-11-3-4-12-35(34)42-26-44-46(27-43(36)42)51-45-24-22-30-9-1-2-10-33(30)49(44)45/h1-27H. The minimum atomic E-state index is 0.662. The number of hydrogen-bond acceptors (Lipinski definition) is 2. The molecule has 51 heavy (non-hydrogen) atoms. The molecule has 0 aliphatic carbocycles. The first-order valence-corrected chi connectivity index (χ1v) is 17.3. The van der Waals surface area contributed by atoms with E-state index in [-0.39, 0.29) is 0 Å². The molecule has 0 atom stereocenters. The molecule has 11 rings (SSSR count). The summed E-state index contributed by atoms with van der Waals surface area (Å²) in [4.78, 5) is 0. The van der Waals surface area contributed by atoms with E-state index in [1.165, 1.54) is 86.7 Å². The third-order valence-corrected chi connectivity index (χ3v) is 10.8. The Kier molecular flexibility index (Phi) is 5.77. The van der Waals surface area contributed by atoms with Gasteiger partial charge < -0.3 is 4.42 Å². The molecule has 10 aromatic carbocycles. The molecule has 0 fully saturated rings. The number of fused-ring (bicyclic) bond motifs is 13. The Hall–Kier alpha value is -6.95. The lowest BCUT2D eigenvalue weighted by atomic mass is 9.84. The molecule has 11 aromatic rings. The summed E-state index contributed by atoms with van der Waals surface area (Å²) in [5.41, 5.74) is 7.19. The van der Waals surface area contributed by atoms with Crippen LogP contribution in [0.2, 0.25) is 0 Å². The molecular weight excluding hydrogens is 619 g/mol. The zero-order valence-corrected chi connectivity index (χ0v) is 27.4. The maximum absolute atomic E-state index is 9.46. The second-order valence-electron chi connectivity index (χ2n) is 13.5. The molecule has 2 heteroatoms. The maximum Gasteiger partial charge on any atom is 0.136 e. The summed E-state index contributed by atoms with van der Waals surface area (Å²) < 4.78 is 6.56. The van der Waals surface area contributed by atoms with Crippen molar-refractivity contribution in [2.24, 2.45) is 0 Å². The number of rotatable bonds is 2. The van der Waals surface area contributed by atoms with Crippen LogP contribution in [0.3, 0.4) is 0 Å². The van der Waals surface area contributed by atoms with E-state index in [0.29, 0.717) is 5.56 Å². The summed E-state index contributed by atoms with van der Waals surface area (Å²) in [5.74, 6) is 0. The van der Waals surface area contributed by atoms with E-state index in [2.05, 4.69) is 158 Å². The van der Waals surface area contributed by atoms with Gasteiger partial charge in [-0.2, -0.15) is 5.26 Å². The zero-order chi connectivity index (χ0) is 33.6. The van der Waals surface area contributed by atoms with Crippen LogP contribution in [-0.4, -0.2) is 0 Å². The van der Waals surface area contributed by atoms with Crippen LogP contribution in [0.4, 0.5) is 0 Å². The van der Waals surface area contributed by atoms with Gasteiger partial charge in [-0.3, -0.25) is 0 Å². The summed E-state index contributed by atoms with van der Waals surface area (Å²) in [7, 11) is 0. The molecule has 0 saturated carbocycles. The lowest BCUT2D eigenvalue weighted by molar-refractivity contribution is 0.670. The monoisotopic (exact) mass is 645 g/mol.